The molecule has 1 unspecified atom stereocenters. The summed E-state index contributed by atoms with van der Waals surface area (Å²) in [5, 5.41) is 9.26. The number of ether oxygens (including phenoxy) is 2. The summed E-state index contributed by atoms with van der Waals surface area (Å²) in [7, 11) is 3.30. The quantitative estimate of drug-likeness (QED) is 0.496. The van der Waals surface area contributed by atoms with E-state index in [0.717, 1.165) is 53.1 Å². The fourth-order valence-corrected chi connectivity index (χ4v) is 5.01. The number of carbonyl (C=O) groups excluding carboxylic acids is 1. The summed E-state index contributed by atoms with van der Waals surface area (Å²) in [5.41, 5.74) is 3.17. The number of amides is 1. The number of methoxy groups -OCH3 is 2. The highest BCUT2D eigenvalue weighted by atomic mass is 32.2. The lowest BCUT2D eigenvalue weighted by Gasteiger charge is -2.26. The van der Waals surface area contributed by atoms with E-state index in [1.165, 1.54) is 17.3 Å². The molecule has 2 aromatic carbocycles. The Morgan fingerprint density at radius 3 is 2.59 bits per heavy atom. The van der Waals surface area contributed by atoms with Gasteiger partial charge in [-0.3, -0.25) is 9.36 Å². The van der Waals surface area contributed by atoms with Crippen molar-refractivity contribution in [2.45, 2.75) is 37.9 Å². The van der Waals surface area contributed by atoms with Crippen molar-refractivity contribution in [3.05, 3.63) is 59.4 Å². The first-order valence-electron chi connectivity index (χ1n) is 10.6. The molecule has 2 heterocycles. The molecule has 0 aliphatic carbocycles. The number of aromatic nitrogens is 3. The molecule has 1 atom stereocenters. The maximum absolute atomic E-state index is 13.2. The number of likely N-dealkylation sites (tertiary alicyclic amines) is 1. The van der Waals surface area contributed by atoms with Gasteiger partial charge in [0.2, 0.25) is 5.91 Å². The summed E-state index contributed by atoms with van der Waals surface area (Å²) >= 11 is 1.42. The average Bonchev–Trinajstić information content (AvgIpc) is 3.44. The van der Waals surface area contributed by atoms with Crippen LogP contribution in [0.1, 0.15) is 35.8 Å². The van der Waals surface area contributed by atoms with Gasteiger partial charge in [-0.15, -0.1) is 10.2 Å². The lowest BCUT2D eigenvalue weighted by Crippen LogP contribution is -2.32. The first-order valence-corrected chi connectivity index (χ1v) is 11.6. The third-order valence-corrected chi connectivity index (χ3v) is 6.69. The number of hydrogen-bond acceptors (Lipinski definition) is 6. The van der Waals surface area contributed by atoms with Crippen molar-refractivity contribution in [3.8, 4) is 17.2 Å². The topological polar surface area (TPSA) is 69.5 Å². The fourth-order valence-electron chi connectivity index (χ4n) is 4.13. The molecule has 1 saturated heterocycles. The van der Waals surface area contributed by atoms with E-state index in [9.17, 15) is 4.79 Å². The Morgan fingerprint density at radius 1 is 1.09 bits per heavy atom. The Morgan fingerprint density at radius 2 is 1.88 bits per heavy atom. The smallest absolute Gasteiger partial charge is 0.233 e. The van der Waals surface area contributed by atoms with Crippen LogP contribution < -0.4 is 9.47 Å². The molecule has 4 rings (SSSR count). The van der Waals surface area contributed by atoms with E-state index in [1.807, 2.05) is 46.7 Å². The van der Waals surface area contributed by atoms with Crippen molar-refractivity contribution in [1.82, 2.24) is 19.7 Å². The van der Waals surface area contributed by atoms with E-state index in [-0.39, 0.29) is 11.9 Å². The van der Waals surface area contributed by atoms with Gasteiger partial charge in [-0.05, 0) is 57.0 Å². The van der Waals surface area contributed by atoms with Gasteiger partial charge in [0.25, 0.3) is 0 Å². The van der Waals surface area contributed by atoms with Crippen LogP contribution in [-0.2, 0) is 4.79 Å². The van der Waals surface area contributed by atoms with E-state index in [1.54, 1.807) is 14.2 Å². The molecule has 168 valence electrons. The van der Waals surface area contributed by atoms with Crippen LogP contribution >= 0.6 is 11.8 Å². The van der Waals surface area contributed by atoms with Gasteiger partial charge in [-0.25, -0.2) is 0 Å². The maximum Gasteiger partial charge on any atom is 0.233 e. The van der Waals surface area contributed by atoms with Crippen molar-refractivity contribution in [3.63, 3.8) is 0 Å². The predicted octanol–water partition coefficient (Wildman–Crippen LogP) is 4.36. The minimum atomic E-state index is -0.0233. The largest absolute Gasteiger partial charge is 0.497 e. The van der Waals surface area contributed by atoms with Crippen LogP contribution in [0.5, 0.6) is 11.5 Å². The molecular formula is C24H28N4O3S. The zero-order valence-electron chi connectivity index (χ0n) is 18.9. The average molecular weight is 453 g/mol. The predicted molar refractivity (Wildman–Crippen MR) is 125 cm³/mol. The molecule has 3 aromatic rings. The molecule has 0 radical (unpaired) electrons. The molecule has 0 N–H and O–H groups in total. The van der Waals surface area contributed by atoms with Crippen molar-refractivity contribution < 1.29 is 14.3 Å². The van der Waals surface area contributed by atoms with Crippen LogP contribution in [0.25, 0.3) is 5.69 Å². The SMILES string of the molecule is COc1ccc(OC)c(C2CCCN2C(=O)CSc2nnc(C)n2-c2ccc(C)cc2)c1. The normalized spacial score (nSPS) is 15.8. The van der Waals surface area contributed by atoms with Crippen molar-refractivity contribution in [2.24, 2.45) is 0 Å². The number of nitrogens with zero attached hydrogens (tertiary/aromatic N) is 4. The Balaban J connectivity index is 1.51. The molecule has 1 aromatic heterocycles. The van der Waals surface area contributed by atoms with E-state index in [4.69, 9.17) is 9.47 Å². The van der Waals surface area contributed by atoms with E-state index < -0.39 is 0 Å². The van der Waals surface area contributed by atoms with Crippen LogP contribution in [0.3, 0.4) is 0 Å². The highest BCUT2D eigenvalue weighted by Crippen LogP contribution is 2.39. The molecule has 0 spiro atoms. The molecule has 1 amide bonds. The minimum absolute atomic E-state index is 0.0233. The Bertz CT molecular complexity index is 1100. The summed E-state index contributed by atoms with van der Waals surface area (Å²) in [6, 6.07) is 13.9. The Labute approximate surface area is 192 Å². The molecule has 7 nitrogen and oxygen atoms in total. The molecule has 8 heteroatoms. The van der Waals surface area contributed by atoms with Gasteiger partial charge in [0.15, 0.2) is 5.16 Å². The van der Waals surface area contributed by atoms with Gasteiger partial charge >= 0.3 is 0 Å². The zero-order chi connectivity index (χ0) is 22.7. The van der Waals surface area contributed by atoms with Gasteiger partial charge in [0, 0.05) is 17.8 Å². The molecule has 0 bridgehead atoms. The van der Waals surface area contributed by atoms with E-state index in [0.29, 0.717) is 5.75 Å². The summed E-state index contributed by atoms with van der Waals surface area (Å²) < 4.78 is 13.0. The second-order valence-corrected chi connectivity index (χ2v) is 8.78. The van der Waals surface area contributed by atoms with Gasteiger partial charge in [0.05, 0.1) is 26.0 Å². The van der Waals surface area contributed by atoms with Crippen molar-refractivity contribution in [1.29, 1.82) is 0 Å². The second kappa shape index (κ2) is 9.65. The number of aryl methyl sites for hydroxylation is 2. The summed E-state index contributed by atoms with van der Waals surface area (Å²) in [6.45, 7) is 4.71. The maximum atomic E-state index is 13.2. The molecule has 32 heavy (non-hydrogen) atoms. The van der Waals surface area contributed by atoms with Crippen molar-refractivity contribution in [2.75, 3.05) is 26.5 Å². The van der Waals surface area contributed by atoms with Crippen LogP contribution in [0.2, 0.25) is 0 Å². The van der Waals surface area contributed by atoms with E-state index in [2.05, 4.69) is 29.3 Å². The molecule has 1 aliphatic rings. The first kappa shape index (κ1) is 22.2. The minimum Gasteiger partial charge on any atom is -0.497 e. The fraction of sp³-hybridized carbons (Fsp3) is 0.375. The summed E-state index contributed by atoms with van der Waals surface area (Å²) in [6.07, 6.45) is 1.86. The van der Waals surface area contributed by atoms with Crippen LogP contribution in [0.15, 0.2) is 47.6 Å². The number of carbonyl (C=O) groups is 1. The number of benzene rings is 2. The molecular weight excluding hydrogens is 424 g/mol. The molecule has 1 aliphatic heterocycles. The highest BCUT2D eigenvalue weighted by molar-refractivity contribution is 7.99. The number of rotatable bonds is 7. The lowest BCUT2D eigenvalue weighted by atomic mass is 10.0. The third-order valence-electron chi connectivity index (χ3n) is 5.78. The van der Waals surface area contributed by atoms with Gasteiger partial charge in [0.1, 0.15) is 17.3 Å². The first-order chi connectivity index (χ1) is 15.5. The second-order valence-electron chi connectivity index (χ2n) is 7.84. The molecule has 1 fully saturated rings. The number of hydrogen-bond donors (Lipinski definition) is 0. The summed E-state index contributed by atoms with van der Waals surface area (Å²) in [5.74, 6) is 2.71. The monoisotopic (exact) mass is 452 g/mol. The van der Waals surface area contributed by atoms with Gasteiger partial charge in [-0.1, -0.05) is 29.5 Å². The van der Waals surface area contributed by atoms with Gasteiger partial charge < -0.3 is 14.4 Å². The zero-order valence-corrected chi connectivity index (χ0v) is 19.7. The van der Waals surface area contributed by atoms with E-state index >= 15 is 0 Å². The lowest BCUT2D eigenvalue weighted by molar-refractivity contribution is -0.129. The van der Waals surface area contributed by atoms with Crippen LogP contribution in [-0.4, -0.2) is 52.1 Å². The van der Waals surface area contributed by atoms with Gasteiger partial charge in [-0.2, -0.15) is 0 Å². The standard InChI is InChI=1S/C24H28N4O3S/c1-16-7-9-18(10-8-16)28-17(2)25-26-24(28)32-15-23(29)27-13-5-6-21(27)20-14-19(30-3)11-12-22(20)31-4/h7-12,14,21H,5-6,13,15H2,1-4H3. The molecule has 0 saturated carbocycles. The highest BCUT2D eigenvalue weighted by Gasteiger charge is 2.32. The van der Waals surface area contributed by atoms with Crippen LogP contribution in [0.4, 0.5) is 0 Å². The van der Waals surface area contributed by atoms with Crippen LogP contribution in [0, 0.1) is 13.8 Å². The Kier molecular flexibility index (Phi) is 6.69. The Hall–Kier alpha value is -3.00. The third kappa shape index (κ3) is 4.46. The van der Waals surface area contributed by atoms with Crippen molar-refractivity contribution >= 4 is 17.7 Å². The summed E-state index contributed by atoms with van der Waals surface area (Å²) in [4.78, 5) is 15.2. The number of thioether (sulfide) groups is 1.